The van der Waals surface area contributed by atoms with Crippen LogP contribution in [0.3, 0.4) is 0 Å². The van der Waals surface area contributed by atoms with E-state index < -0.39 is 5.97 Å². The molecule has 0 amide bonds. The predicted octanol–water partition coefficient (Wildman–Crippen LogP) is 4.26. The largest absolute Gasteiger partial charge is 0.478 e. The van der Waals surface area contributed by atoms with Crippen LogP contribution in [0.15, 0.2) is 24.3 Å². The zero-order valence-electron chi connectivity index (χ0n) is 12.4. The molecule has 0 fully saturated rings. The Kier molecular flexibility index (Phi) is 5.40. The second kappa shape index (κ2) is 6.60. The van der Waals surface area contributed by atoms with Crippen LogP contribution in [0, 0.1) is 11.3 Å². The van der Waals surface area contributed by atoms with Gasteiger partial charge in [0, 0.05) is 12.2 Å². The van der Waals surface area contributed by atoms with Crippen LogP contribution in [0.25, 0.3) is 0 Å². The summed E-state index contributed by atoms with van der Waals surface area (Å²) in [5, 5.41) is 12.1. The van der Waals surface area contributed by atoms with Gasteiger partial charge < -0.3 is 10.4 Å². The van der Waals surface area contributed by atoms with Crippen molar-refractivity contribution in [2.24, 2.45) is 11.3 Å². The van der Waals surface area contributed by atoms with Crippen molar-refractivity contribution < 1.29 is 9.90 Å². The van der Waals surface area contributed by atoms with Crippen molar-refractivity contribution in [1.29, 1.82) is 0 Å². The molecule has 0 aliphatic heterocycles. The van der Waals surface area contributed by atoms with E-state index in [1.54, 1.807) is 12.1 Å². The number of nitrogens with one attached hydrogen (secondary N) is 1. The zero-order chi connectivity index (χ0) is 14.5. The number of benzene rings is 1. The Labute approximate surface area is 116 Å². The van der Waals surface area contributed by atoms with Crippen molar-refractivity contribution >= 4 is 11.7 Å². The minimum absolute atomic E-state index is 0.326. The number of hydrogen-bond acceptors (Lipinski definition) is 2. The first-order valence-corrected chi connectivity index (χ1v) is 6.85. The van der Waals surface area contributed by atoms with Gasteiger partial charge in [-0.1, -0.05) is 27.7 Å². The molecule has 2 N–H and O–H groups in total. The molecule has 0 aromatic heterocycles. The van der Waals surface area contributed by atoms with Crippen molar-refractivity contribution in [2.75, 3.05) is 11.9 Å². The highest BCUT2D eigenvalue weighted by molar-refractivity contribution is 5.87. The van der Waals surface area contributed by atoms with Gasteiger partial charge in [-0.2, -0.15) is 0 Å². The first-order chi connectivity index (χ1) is 8.78. The van der Waals surface area contributed by atoms with Crippen LogP contribution in [0.4, 0.5) is 5.69 Å². The van der Waals surface area contributed by atoms with E-state index in [2.05, 4.69) is 33.0 Å². The molecule has 106 valence electrons. The third-order valence-electron chi connectivity index (χ3n) is 3.06. The number of anilines is 1. The van der Waals surface area contributed by atoms with Gasteiger partial charge in [-0.25, -0.2) is 4.79 Å². The number of rotatable bonds is 6. The fourth-order valence-electron chi connectivity index (χ4n) is 2.34. The Bertz CT molecular complexity index is 404. The second-order valence-electron chi connectivity index (χ2n) is 6.47. The normalized spacial score (nSPS) is 13.1. The molecular weight excluding hydrogens is 238 g/mol. The summed E-state index contributed by atoms with van der Waals surface area (Å²) in [6.45, 7) is 9.99. The highest BCUT2D eigenvalue weighted by Crippen LogP contribution is 2.25. The molecule has 0 radical (unpaired) electrons. The predicted molar refractivity (Wildman–Crippen MR) is 79.7 cm³/mol. The van der Waals surface area contributed by atoms with Crippen LogP contribution in [0.5, 0.6) is 0 Å². The molecule has 0 aliphatic rings. The zero-order valence-corrected chi connectivity index (χ0v) is 12.4. The summed E-state index contributed by atoms with van der Waals surface area (Å²) >= 11 is 0. The lowest BCUT2D eigenvalue weighted by molar-refractivity contribution is 0.0697. The number of carboxylic acid groups (broad SMARTS) is 1. The minimum Gasteiger partial charge on any atom is -0.478 e. The maximum absolute atomic E-state index is 10.7. The standard InChI is InChI=1S/C16H25NO2/c1-12(11-16(2,3)4)9-10-17-14-7-5-13(6-8-14)15(18)19/h5-8,12,17H,9-11H2,1-4H3,(H,18,19). The summed E-state index contributed by atoms with van der Waals surface area (Å²) in [6.07, 6.45) is 2.34. The van der Waals surface area contributed by atoms with Gasteiger partial charge >= 0.3 is 5.97 Å². The molecule has 0 aliphatic carbocycles. The minimum atomic E-state index is -0.884. The maximum Gasteiger partial charge on any atom is 0.335 e. The van der Waals surface area contributed by atoms with Gasteiger partial charge in [0.15, 0.2) is 0 Å². The lowest BCUT2D eigenvalue weighted by Gasteiger charge is -2.23. The molecule has 0 saturated heterocycles. The lowest BCUT2D eigenvalue weighted by atomic mass is 9.84. The Morgan fingerprint density at radius 2 is 1.84 bits per heavy atom. The molecule has 1 atom stereocenters. The maximum atomic E-state index is 10.7. The van der Waals surface area contributed by atoms with Crippen LogP contribution >= 0.6 is 0 Å². The summed E-state index contributed by atoms with van der Waals surface area (Å²) < 4.78 is 0. The molecular formula is C16H25NO2. The molecule has 1 rings (SSSR count). The Balaban J connectivity index is 2.35. The molecule has 1 aromatic rings. The van der Waals surface area contributed by atoms with Gasteiger partial charge in [0.25, 0.3) is 0 Å². The number of carboxylic acids is 1. The van der Waals surface area contributed by atoms with E-state index in [0.717, 1.165) is 18.7 Å². The average molecular weight is 263 g/mol. The fraction of sp³-hybridized carbons (Fsp3) is 0.562. The molecule has 19 heavy (non-hydrogen) atoms. The van der Waals surface area contributed by atoms with Crippen LogP contribution in [-0.2, 0) is 0 Å². The Morgan fingerprint density at radius 3 is 2.32 bits per heavy atom. The molecule has 0 saturated carbocycles. The molecule has 3 nitrogen and oxygen atoms in total. The first kappa shape index (κ1) is 15.5. The van der Waals surface area contributed by atoms with Gasteiger partial charge in [-0.05, 0) is 48.4 Å². The van der Waals surface area contributed by atoms with E-state index in [4.69, 9.17) is 5.11 Å². The molecule has 1 aromatic carbocycles. The smallest absolute Gasteiger partial charge is 0.335 e. The van der Waals surface area contributed by atoms with Gasteiger partial charge in [-0.3, -0.25) is 0 Å². The molecule has 0 heterocycles. The number of hydrogen-bond donors (Lipinski definition) is 2. The summed E-state index contributed by atoms with van der Waals surface area (Å²) in [5.41, 5.74) is 1.68. The van der Waals surface area contributed by atoms with Crippen molar-refractivity contribution in [3.63, 3.8) is 0 Å². The summed E-state index contributed by atoms with van der Waals surface area (Å²) in [6, 6.07) is 6.89. The van der Waals surface area contributed by atoms with Gasteiger partial charge in [-0.15, -0.1) is 0 Å². The summed E-state index contributed by atoms with van der Waals surface area (Å²) in [7, 11) is 0. The van der Waals surface area contributed by atoms with Gasteiger partial charge in [0.05, 0.1) is 5.56 Å². The van der Waals surface area contributed by atoms with Crippen LogP contribution in [0.1, 0.15) is 50.9 Å². The van der Waals surface area contributed by atoms with Crippen LogP contribution in [0.2, 0.25) is 0 Å². The quantitative estimate of drug-likeness (QED) is 0.806. The van der Waals surface area contributed by atoms with Crippen LogP contribution < -0.4 is 5.32 Å². The summed E-state index contributed by atoms with van der Waals surface area (Å²) in [5.74, 6) is -0.198. The van der Waals surface area contributed by atoms with E-state index in [-0.39, 0.29) is 0 Å². The van der Waals surface area contributed by atoms with E-state index in [1.165, 1.54) is 6.42 Å². The fourth-order valence-corrected chi connectivity index (χ4v) is 2.34. The monoisotopic (exact) mass is 263 g/mol. The van der Waals surface area contributed by atoms with Gasteiger partial charge in [0.1, 0.15) is 0 Å². The van der Waals surface area contributed by atoms with Crippen molar-refractivity contribution in [2.45, 2.75) is 40.5 Å². The second-order valence-corrected chi connectivity index (χ2v) is 6.47. The van der Waals surface area contributed by atoms with Crippen LogP contribution in [-0.4, -0.2) is 17.6 Å². The lowest BCUT2D eigenvalue weighted by Crippen LogP contribution is -2.14. The third-order valence-corrected chi connectivity index (χ3v) is 3.06. The third kappa shape index (κ3) is 6.27. The number of carbonyl (C=O) groups is 1. The van der Waals surface area contributed by atoms with E-state index >= 15 is 0 Å². The first-order valence-electron chi connectivity index (χ1n) is 6.85. The summed E-state index contributed by atoms with van der Waals surface area (Å²) in [4.78, 5) is 10.7. The molecule has 1 unspecified atom stereocenters. The van der Waals surface area contributed by atoms with Crippen molar-refractivity contribution in [3.05, 3.63) is 29.8 Å². The SMILES string of the molecule is CC(CCNc1ccc(C(=O)O)cc1)CC(C)(C)C. The molecule has 3 heteroatoms. The van der Waals surface area contributed by atoms with E-state index in [1.807, 2.05) is 12.1 Å². The number of aromatic carboxylic acids is 1. The van der Waals surface area contributed by atoms with Crippen molar-refractivity contribution in [1.82, 2.24) is 0 Å². The Morgan fingerprint density at radius 1 is 1.26 bits per heavy atom. The molecule has 0 spiro atoms. The average Bonchev–Trinajstić information content (AvgIpc) is 2.27. The highest BCUT2D eigenvalue weighted by atomic mass is 16.4. The highest BCUT2D eigenvalue weighted by Gasteiger charge is 2.14. The van der Waals surface area contributed by atoms with Crippen molar-refractivity contribution in [3.8, 4) is 0 Å². The van der Waals surface area contributed by atoms with E-state index in [9.17, 15) is 4.79 Å². The topological polar surface area (TPSA) is 49.3 Å². The van der Waals surface area contributed by atoms with E-state index in [0.29, 0.717) is 16.9 Å². The Hall–Kier alpha value is -1.51. The van der Waals surface area contributed by atoms with Gasteiger partial charge in [0.2, 0.25) is 0 Å². The molecule has 0 bridgehead atoms.